The molecule has 0 aliphatic rings. The highest BCUT2D eigenvalue weighted by Gasteiger charge is 2.06. The summed E-state index contributed by atoms with van der Waals surface area (Å²) in [5.74, 6) is 0.791. The topological polar surface area (TPSA) is 26.0 Å². The van der Waals surface area contributed by atoms with Crippen molar-refractivity contribution < 1.29 is 0 Å². The number of nitrogens with two attached hydrogens (primary N) is 1. The molecule has 0 heterocycles. The highest BCUT2D eigenvalue weighted by atomic mass is 35.5. The third kappa shape index (κ3) is 12.2. The fraction of sp³-hybridized carbons (Fsp3) is 0.867. The fourth-order valence-electron chi connectivity index (χ4n) is 2.24. The zero-order chi connectivity index (χ0) is 12.8. The standard InChI is InChI=1S/C15H30ClN/c1-2-3-4-5-6-7-10-15(11-8-13-16)12-9-14-17/h8,13,15H,2-7,9-12,14,17H2,1H3/b13-8+. The van der Waals surface area contributed by atoms with E-state index in [0.29, 0.717) is 0 Å². The van der Waals surface area contributed by atoms with E-state index in [1.165, 1.54) is 51.4 Å². The molecule has 1 nitrogen and oxygen atoms in total. The van der Waals surface area contributed by atoms with Crippen molar-refractivity contribution in [2.24, 2.45) is 11.7 Å². The smallest absolute Gasteiger partial charge is 0.000256 e. The van der Waals surface area contributed by atoms with E-state index in [1.54, 1.807) is 5.54 Å². The Labute approximate surface area is 113 Å². The summed E-state index contributed by atoms with van der Waals surface area (Å²) < 4.78 is 0. The molecule has 0 aliphatic heterocycles. The number of halogens is 1. The van der Waals surface area contributed by atoms with Gasteiger partial charge in [0, 0.05) is 5.54 Å². The van der Waals surface area contributed by atoms with Crippen LogP contribution in [0.1, 0.15) is 71.1 Å². The van der Waals surface area contributed by atoms with Gasteiger partial charge in [-0.1, -0.05) is 69.5 Å². The van der Waals surface area contributed by atoms with Gasteiger partial charge in [-0.15, -0.1) is 0 Å². The SMILES string of the molecule is CCCCCCCCC(C/C=C/Cl)CCCN. The average Bonchev–Trinajstić information content (AvgIpc) is 2.35. The van der Waals surface area contributed by atoms with E-state index in [1.807, 2.05) is 0 Å². The molecule has 0 rings (SSSR count). The first-order valence-electron chi connectivity index (χ1n) is 7.30. The molecule has 1 atom stereocenters. The molecule has 2 heteroatoms. The third-order valence-electron chi connectivity index (χ3n) is 3.34. The summed E-state index contributed by atoms with van der Waals surface area (Å²) in [6, 6.07) is 0. The largest absolute Gasteiger partial charge is 0.330 e. The Hall–Kier alpha value is -0.0100. The van der Waals surface area contributed by atoms with Crippen LogP contribution >= 0.6 is 11.6 Å². The maximum atomic E-state index is 5.59. The van der Waals surface area contributed by atoms with E-state index in [4.69, 9.17) is 17.3 Å². The van der Waals surface area contributed by atoms with Crippen molar-refractivity contribution in [2.75, 3.05) is 6.54 Å². The Bertz CT molecular complexity index is 168. The van der Waals surface area contributed by atoms with Gasteiger partial charge in [-0.05, 0) is 31.7 Å². The molecule has 0 aromatic heterocycles. The molecule has 0 aromatic rings. The number of rotatable bonds is 12. The van der Waals surface area contributed by atoms with E-state index in [2.05, 4.69) is 13.0 Å². The predicted octanol–water partition coefficient (Wildman–Crippen LogP) is 5.23. The van der Waals surface area contributed by atoms with Crippen molar-refractivity contribution >= 4 is 11.6 Å². The van der Waals surface area contributed by atoms with Crippen molar-refractivity contribution in [1.29, 1.82) is 0 Å². The molecule has 2 N–H and O–H groups in total. The molecule has 0 bridgehead atoms. The van der Waals surface area contributed by atoms with Gasteiger partial charge in [0.05, 0.1) is 0 Å². The second-order valence-electron chi connectivity index (χ2n) is 4.95. The van der Waals surface area contributed by atoms with E-state index < -0.39 is 0 Å². The fourth-order valence-corrected chi connectivity index (χ4v) is 2.35. The van der Waals surface area contributed by atoms with Gasteiger partial charge in [0.2, 0.25) is 0 Å². The lowest BCUT2D eigenvalue weighted by Crippen LogP contribution is -2.05. The van der Waals surface area contributed by atoms with Gasteiger partial charge in [0.25, 0.3) is 0 Å². The summed E-state index contributed by atoms with van der Waals surface area (Å²) >= 11 is 5.59. The second kappa shape index (κ2) is 14.1. The monoisotopic (exact) mass is 259 g/mol. The maximum absolute atomic E-state index is 5.59. The second-order valence-corrected chi connectivity index (χ2v) is 5.20. The molecular weight excluding hydrogens is 230 g/mol. The van der Waals surface area contributed by atoms with Gasteiger partial charge in [-0.3, -0.25) is 0 Å². The van der Waals surface area contributed by atoms with E-state index in [9.17, 15) is 0 Å². The van der Waals surface area contributed by atoms with Crippen molar-refractivity contribution in [1.82, 2.24) is 0 Å². The molecule has 0 aliphatic carbocycles. The normalized spacial score (nSPS) is 13.4. The quantitative estimate of drug-likeness (QED) is 0.477. The minimum Gasteiger partial charge on any atom is -0.330 e. The van der Waals surface area contributed by atoms with Gasteiger partial charge in [0.1, 0.15) is 0 Å². The molecule has 0 amide bonds. The van der Waals surface area contributed by atoms with Crippen LogP contribution in [0, 0.1) is 5.92 Å². The Morgan fingerprint density at radius 3 is 2.29 bits per heavy atom. The molecule has 0 saturated carbocycles. The highest BCUT2D eigenvalue weighted by Crippen LogP contribution is 2.20. The lowest BCUT2D eigenvalue weighted by molar-refractivity contribution is 0.418. The molecule has 0 radical (unpaired) electrons. The maximum Gasteiger partial charge on any atom is 0.000256 e. The highest BCUT2D eigenvalue weighted by molar-refractivity contribution is 6.25. The molecule has 0 fully saturated rings. The van der Waals surface area contributed by atoms with E-state index >= 15 is 0 Å². The first kappa shape index (κ1) is 17.0. The van der Waals surface area contributed by atoms with Crippen LogP contribution in [-0.2, 0) is 0 Å². The molecular formula is C15H30ClN. The van der Waals surface area contributed by atoms with Crippen LogP contribution in [0.2, 0.25) is 0 Å². The third-order valence-corrected chi connectivity index (χ3v) is 3.52. The Kier molecular flexibility index (Phi) is 14.0. The van der Waals surface area contributed by atoms with E-state index in [-0.39, 0.29) is 0 Å². The van der Waals surface area contributed by atoms with Crippen molar-refractivity contribution in [3.8, 4) is 0 Å². The summed E-state index contributed by atoms with van der Waals surface area (Å²) in [6.45, 7) is 3.08. The van der Waals surface area contributed by atoms with Crippen LogP contribution in [0.15, 0.2) is 11.6 Å². The van der Waals surface area contributed by atoms with Crippen molar-refractivity contribution in [3.05, 3.63) is 11.6 Å². The van der Waals surface area contributed by atoms with Gasteiger partial charge in [0.15, 0.2) is 0 Å². The summed E-state index contributed by atoms with van der Waals surface area (Å²) in [4.78, 5) is 0. The Balaban J connectivity index is 3.52. The minimum atomic E-state index is 0.791. The van der Waals surface area contributed by atoms with Gasteiger partial charge in [-0.25, -0.2) is 0 Å². The van der Waals surface area contributed by atoms with Crippen LogP contribution in [0.4, 0.5) is 0 Å². The van der Waals surface area contributed by atoms with Crippen LogP contribution < -0.4 is 5.73 Å². The number of allylic oxidation sites excluding steroid dienone is 1. The van der Waals surface area contributed by atoms with Crippen LogP contribution in [0.3, 0.4) is 0 Å². The average molecular weight is 260 g/mol. The number of hydrogen-bond donors (Lipinski definition) is 1. The lowest BCUT2D eigenvalue weighted by atomic mass is 9.93. The Morgan fingerprint density at radius 1 is 1.00 bits per heavy atom. The predicted molar refractivity (Wildman–Crippen MR) is 79.4 cm³/mol. The van der Waals surface area contributed by atoms with Gasteiger partial charge in [-0.2, -0.15) is 0 Å². The molecule has 102 valence electrons. The molecule has 0 spiro atoms. The lowest BCUT2D eigenvalue weighted by Gasteiger charge is -2.14. The summed E-state index contributed by atoms with van der Waals surface area (Å²) in [7, 11) is 0. The van der Waals surface area contributed by atoms with Gasteiger partial charge >= 0.3 is 0 Å². The van der Waals surface area contributed by atoms with Crippen molar-refractivity contribution in [3.63, 3.8) is 0 Å². The zero-order valence-corrected chi connectivity index (χ0v) is 12.2. The molecule has 0 aromatic carbocycles. The first-order valence-corrected chi connectivity index (χ1v) is 7.74. The first-order chi connectivity index (χ1) is 8.35. The van der Waals surface area contributed by atoms with E-state index in [0.717, 1.165) is 25.3 Å². The van der Waals surface area contributed by atoms with Crippen molar-refractivity contribution in [2.45, 2.75) is 71.1 Å². The van der Waals surface area contributed by atoms with Crippen LogP contribution in [-0.4, -0.2) is 6.54 Å². The van der Waals surface area contributed by atoms with Crippen LogP contribution in [0.5, 0.6) is 0 Å². The summed E-state index contributed by atoms with van der Waals surface area (Å²) in [5.41, 5.74) is 7.22. The molecule has 0 saturated heterocycles. The van der Waals surface area contributed by atoms with Crippen LogP contribution in [0.25, 0.3) is 0 Å². The molecule has 17 heavy (non-hydrogen) atoms. The summed E-state index contributed by atoms with van der Waals surface area (Å²) in [5, 5.41) is 0. The molecule has 1 unspecified atom stereocenters. The Morgan fingerprint density at radius 2 is 1.65 bits per heavy atom. The number of hydrogen-bond acceptors (Lipinski definition) is 1. The summed E-state index contributed by atoms with van der Waals surface area (Å²) in [6.07, 6.45) is 15.3. The zero-order valence-electron chi connectivity index (χ0n) is 11.5. The number of unbranched alkanes of at least 4 members (excludes halogenated alkanes) is 5. The minimum absolute atomic E-state index is 0.791. The van der Waals surface area contributed by atoms with Gasteiger partial charge < -0.3 is 5.73 Å².